The first-order chi connectivity index (χ1) is 13.9. The van der Waals surface area contributed by atoms with E-state index in [1.807, 2.05) is 30.3 Å². The average Bonchev–Trinajstić information content (AvgIpc) is 2.99. The van der Waals surface area contributed by atoms with Crippen molar-refractivity contribution in [2.24, 2.45) is 5.73 Å². The van der Waals surface area contributed by atoms with E-state index in [4.69, 9.17) is 11.1 Å². The fraction of sp³-hybridized carbons (Fsp3) is 0.200. The number of hydrogen-bond donors (Lipinski definition) is 2. The molecule has 0 aliphatic carbocycles. The Bertz CT molecular complexity index is 937. The smallest absolute Gasteiger partial charge is 0.257 e. The van der Waals surface area contributed by atoms with Crippen molar-refractivity contribution in [1.82, 2.24) is 4.90 Å². The van der Waals surface area contributed by atoms with Gasteiger partial charge in [0.2, 0.25) is 11.8 Å². The standard InChI is InChI=1S/C20H19BrN4O3S/c21-14-6-8-15(9-7-14)25-17(26)10-16(19(25)28)24(18(27)12-29-20(22)23)11-13-4-2-1-3-5-13/h1-9,16H,10-12H2,(H3,22,23)/t16-/m1/s1. The van der Waals surface area contributed by atoms with Crippen molar-refractivity contribution < 1.29 is 14.4 Å². The lowest BCUT2D eigenvalue weighted by molar-refractivity contribution is -0.136. The SMILES string of the molecule is N=C(N)SCC(=O)N(Cc1ccccc1)[C@@H]1CC(=O)N(c2ccc(Br)cc2)C1=O. The molecule has 29 heavy (non-hydrogen) atoms. The summed E-state index contributed by atoms with van der Waals surface area (Å²) in [7, 11) is 0. The largest absolute Gasteiger partial charge is 0.379 e. The molecule has 0 radical (unpaired) electrons. The summed E-state index contributed by atoms with van der Waals surface area (Å²) in [5.74, 6) is -1.21. The molecule has 3 N–H and O–H groups in total. The van der Waals surface area contributed by atoms with Gasteiger partial charge < -0.3 is 10.6 Å². The highest BCUT2D eigenvalue weighted by atomic mass is 79.9. The van der Waals surface area contributed by atoms with Crippen LogP contribution in [0.15, 0.2) is 59.1 Å². The van der Waals surface area contributed by atoms with Crippen LogP contribution in [0.4, 0.5) is 5.69 Å². The monoisotopic (exact) mass is 474 g/mol. The molecular formula is C20H19BrN4O3S. The summed E-state index contributed by atoms with van der Waals surface area (Å²) in [6.07, 6.45) is -0.0851. The van der Waals surface area contributed by atoms with Crippen molar-refractivity contribution >= 4 is 56.3 Å². The van der Waals surface area contributed by atoms with Gasteiger partial charge in [-0.2, -0.15) is 0 Å². The lowest BCUT2D eigenvalue weighted by atomic mass is 10.1. The molecule has 1 heterocycles. The molecule has 150 valence electrons. The molecular weight excluding hydrogens is 456 g/mol. The number of amidine groups is 1. The van der Waals surface area contributed by atoms with Crippen molar-refractivity contribution in [1.29, 1.82) is 5.41 Å². The molecule has 0 unspecified atom stereocenters. The Kier molecular flexibility index (Phi) is 6.71. The molecule has 3 rings (SSSR count). The molecule has 0 bridgehead atoms. The molecule has 1 aliphatic heterocycles. The third kappa shape index (κ3) is 5.04. The predicted octanol–water partition coefficient (Wildman–Crippen LogP) is 2.74. The van der Waals surface area contributed by atoms with Crippen LogP contribution in [0.3, 0.4) is 0 Å². The molecule has 2 aromatic rings. The minimum atomic E-state index is -0.897. The lowest BCUT2D eigenvalue weighted by Gasteiger charge is -2.27. The van der Waals surface area contributed by atoms with Gasteiger partial charge in [-0.3, -0.25) is 19.8 Å². The number of benzene rings is 2. The van der Waals surface area contributed by atoms with E-state index < -0.39 is 11.9 Å². The maximum Gasteiger partial charge on any atom is 0.257 e. The fourth-order valence-corrected chi connectivity index (χ4v) is 3.80. The Balaban J connectivity index is 1.87. The van der Waals surface area contributed by atoms with Crippen LogP contribution >= 0.6 is 27.7 Å². The molecule has 1 atom stereocenters. The highest BCUT2D eigenvalue weighted by Gasteiger charge is 2.44. The van der Waals surface area contributed by atoms with Crippen LogP contribution in [0, 0.1) is 5.41 Å². The van der Waals surface area contributed by atoms with Gasteiger partial charge in [0.25, 0.3) is 5.91 Å². The van der Waals surface area contributed by atoms with Gasteiger partial charge in [0.1, 0.15) is 6.04 Å². The summed E-state index contributed by atoms with van der Waals surface area (Å²) < 4.78 is 0.832. The van der Waals surface area contributed by atoms with E-state index in [2.05, 4.69) is 15.9 Å². The molecule has 1 fully saturated rings. The summed E-state index contributed by atoms with van der Waals surface area (Å²) in [6, 6.07) is 15.2. The van der Waals surface area contributed by atoms with E-state index in [0.717, 1.165) is 26.7 Å². The number of carbonyl (C=O) groups excluding carboxylic acids is 3. The van der Waals surface area contributed by atoms with E-state index in [1.165, 1.54) is 4.90 Å². The average molecular weight is 475 g/mol. The number of carbonyl (C=O) groups is 3. The zero-order chi connectivity index (χ0) is 21.0. The van der Waals surface area contributed by atoms with E-state index in [1.54, 1.807) is 24.3 Å². The minimum absolute atomic E-state index is 0.0710. The number of halogens is 1. The quantitative estimate of drug-likeness (QED) is 0.380. The maximum absolute atomic E-state index is 13.1. The molecule has 1 saturated heterocycles. The number of thioether (sulfide) groups is 1. The predicted molar refractivity (Wildman–Crippen MR) is 116 cm³/mol. The van der Waals surface area contributed by atoms with Gasteiger partial charge in [0, 0.05) is 11.0 Å². The molecule has 9 heteroatoms. The highest BCUT2D eigenvalue weighted by Crippen LogP contribution is 2.28. The van der Waals surface area contributed by atoms with Crippen LogP contribution in [0.2, 0.25) is 0 Å². The number of amides is 3. The minimum Gasteiger partial charge on any atom is -0.379 e. The summed E-state index contributed by atoms with van der Waals surface area (Å²) in [5.41, 5.74) is 6.66. The number of nitrogens with zero attached hydrogens (tertiary/aromatic N) is 2. The zero-order valence-electron chi connectivity index (χ0n) is 15.4. The molecule has 0 aromatic heterocycles. The fourth-order valence-electron chi connectivity index (χ4n) is 3.10. The summed E-state index contributed by atoms with van der Waals surface area (Å²) >= 11 is 4.23. The van der Waals surface area contributed by atoms with Gasteiger partial charge in [-0.15, -0.1) is 0 Å². The van der Waals surface area contributed by atoms with Crippen molar-refractivity contribution in [3.63, 3.8) is 0 Å². The van der Waals surface area contributed by atoms with Crippen molar-refractivity contribution in [3.8, 4) is 0 Å². The second-order valence-electron chi connectivity index (χ2n) is 6.42. The second-order valence-corrected chi connectivity index (χ2v) is 8.36. The topological polar surface area (TPSA) is 108 Å². The lowest BCUT2D eigenvalue weighted by Crippen LogP contribution is -2.46. The van der Waals surface area contributed by atoms with Crippen LogP contribution in [-0.2, 0) is 20.9 Å². The molecule has 2 aromatic carbocycles. The number of imide groups is 1. The summed E-state index contributed by atoms with van der Waals surface area (Å²) in [4.78, 5) is 41.1. The van der Waals surface area contributed by atoms with E-state index in [9.17, 15) is 14.4 Å². The third-order valence-corrected chi connectivity index (χ3v) is 5.68. The van der Waals surface area contributed by atoms with Gasteiger partial charge in [0.15, 0.2) is 5.17 Å². The van der Waals surface area contributed by atoms with Crippen LogP contribution in [0.5, 0.6) is 0 Å². The van der Waals surface area contributed by atoms with E-state index in [-0.39, 0.29) is 35.7 Å². The first-order valence-electron chi connectivity index (χ1n) is 8.79. The van der Waals surface area contributed by atoms with Gasteiger partial charge in [0.05, 0.1) is 17.9 Å². The zero-order valence-corrected chi connectivity index (χ0v) is 17.8. The Morgan fingerprint density at radius 1 is 1.17 bits per heavy atom. The van der Waals surface area contributed by atoms with Gasteiger partial charge in [-0.25, -0.2) is 4.90 Å². The Morgan fingerprint density at radius 2 is 1.83 bits per heavy atom. The molecule has 0 saturated carbocycles. The highest BCUT2D eigenvalue weighted by molar-refractivity contribution is 9.10. The maximum atomic E-state index is 13.1. The number of nitrogens with one attached hydrogen (secondary N) is 1. The van der Waals surface area contributed by atoms with Gasteiger partial charge in [-0.05, 0) is 29.8 Å². The first-order valence-corrected chi connectivity index (χ1v) is 10.6. The van der Waals surface area contributed by atoms with Crippen molar-refractivity contribution in [2.75, 3.05) is 10.7 Å². The van der Waals surface area contributed by atoms with Crippen LogP contribution in [-0.4, -0.2) is 39.6 Å². The number of hydrogen-bond acceptors (Lipinski definition) is 5. The summed E-state index contributed by atoms with van der Waals surface area (Å²) in [5, 5.41) is 7.15. The Morgan fingerprint density at radius 3 is 2.45 bits per heavy atom. The molecule has 1 aliphatic rings. The molecule has 0 spiro atoms. The van der Waals surface area contributed by atoms with E-state index >= 15 is 0 Å². The van der Waals surface area contributed by atoms with Crippen molar-refractivity contribution in [2.45, 2.75) is 19.0 Å². The molecule has 7 nitrogen and oxygen atoms in total. The number of rotatable bonds is 6. The normalized spacial score (nSPS) is 16.2. The Hall–Kier alpha value is -2.65. The number of anilines is 1. The third-order valence-electron chi connectivity index (χ3n) is 4.45. The van der Waals surface area contributed by atoms with E-state index in [0.29, 0.717) is 5.69 Å². The van der Waals surface area contributed by atoms with Gasteiger partial charge in [-0.1, -0.05) is 58.0 Å². The molecule has 3 amide bonds. The summed E-state index contributed by atoms with van der Waals surface area (Å²) in [6.45, 7) is 0.190. The van der Waals surface area contributed by atoms with Gasteiger partial charge >= 0.3 is 0 Å². The number of nitrogens with two attached hydrogens (primary N) is 1. The van der Waals surface area contributed by atoms with Crippen LogP contribution in [0.1, 0.15) is 12.0 Å². The van der Waals surface area contributed by atoms with Crippen molar-refractivity contribution in [3.05, 3.63) is 64.6 Å². The van der Waals surface area contributed by atoms with Crippen LogP contribution in [0.25, 0.3) is 0 Å². The van der Waals surface area contributed by atoms with Crippen LogP contribution < -0.4 is 10.6 Å². The first kappa shape index (κ1) is 21.1. The Labute approximate surface area is 180 Å². The second kappa shape index (κ2) is 9.23.